The third-order valence-electron chi connectivity index (χ3n) is 7.40. The fraction of sp³-hybridized carbons (Fsp3) is 0.387. The molecule has 0 unspecified atom stereocenters. The Labute approximate surface area is 229 Å². The van der Waals surface area contributed by atoms with Crippen molar-refractivity contribution in [2.45, 2.75) is 45.1 Å². The van der Waals surface area contributed by atoms with Crippen molar-refractivity contribution in [3.8, 4) is 11.6 Å². The van der Waals surface area contributed by atoms with Gasteiger partial charge in [-0.15, -0.1) is 0 Å². The minimum absolute atomic E-state index is 0.255. The molecule has 1 fully saturated rings. The first-order valence-corrected chi connectivity index (χ1v) is 13.9. The molecule has 5 nitrogen and oxygen atoms in total. The molecule has 0 spiro atoms. The van der Waals surface area contributed by atoms with E-state index in [4.69, 9.17) is 16.3 Å². The summed E-state index contributed by atoms with van der Waals surface area (Å²) in [4.78, 5) is 6.83. The van der Waals surface area contributed by atoms with Gasteiger partial charge in [-0.3, -0.25) is 4.39 Å². The van der Waals surface area contributed by atoms with Crippen molar-refractivity contribution in [1.82, 2.24) is 9.88 Å². The van der Waals surface area contributed by atoms with E-state index >= 15 is 0 Å². The number of allylic oxidation sites excluding steroid dienone is 1. The molecule has 5 rings (SSSR count). The van der Waals surface area contributed by atoms with E-state index in [9.17, 15) is 9.50 Å². The Morgan fingerprint density at radius 3 is 2.68 bits per heavy atom. The number of hydrogen-bond acceptors (Lipinski definition) is 5. The van der Waals surface area contributed by atoms with E-state index in [1.54, 1.807) is 6.07 Å². The van der Waals surface area contributed by atoms with Gasteiger partial charge in [-0.25, -0.2) is 4.98 Å². The predicted octanol–water partition coefficient (Wildman–Crippen LogP) is 6.98. The summed E-state index contributed by atoms with van der Waals surface area (Å²) in [6.07, 6.45) is 4.32. The number of anilines is 1. The topological polar surface area (TPSA) is 57.6 Å². The fourth-order valence-corrected chi connectivity index (χ4v) is 5.91. The normalized spacial score (nSPS) is 17.8. The lowest BCUT2D eigenvalue weighted by Crippen LogP contribution is -2.27. The second-order valence-corrected chi connectivity index (χ2v) is 10.4. The van der Waals surface area contributed by atoms with Gasteiger partial charge in [0.15, 0.2) is 0 Å². The maximum atomic E-state index is 12.6. The molecule has 200 valence electrons. The molecule has 0 radical (unpaired) electrons. The summed E-state index contributed by atoms with van der Waals surface area (Å²) in [5.74, 6) is 0.803. The van der Waals surface area contributed by atoms with E-state index in [2.05, 4.69) is 39.5 Å². The zero-order valence-corrected chi connectivity index (χ0v) is 22.6. The van der Waals surface area contributed by atoms with Crippen molar-refractivity contribution >= 4 is 28.4 Å². The van der Waals surface area contributed by atoms with Gasteiger partial charge in [0, 0.05) is 43.0 Å². The molecule has 0 bridgehead atoms. The van der Waals surface area contributed by atoms with Gasteiger partial charge in [0.05, 0.1) is 13.3 Å². The number of phenols is 1. The summed E-state index contributed by atoms with van der Waals surface area (Å²) in [7, 11) is 0. The second-order valence-electron chi connectivity index (χ2n) is 10.0. The van der Waals surface area contributed by atoms with Crippen LogP contribution in [0, 0.1) is 0 Å². The number of hydrogen-bond donors (Lipinski definition) is 2. The van der Waals surface area contributed by atoms with Gasteiger partial charge in [0.1, 0.15) is 10.9 Å². The molecule has 0 saturated carbocycles. The molecule has 3 aromatic rings. The number of pyridine rings is 1. The Morgan fingerprint density at radius 1 is 1.11 bits per heavy atom. The number of alkyl halides is 1. The molecule has 2 aliphatic rings. The van der Waals surface area contributed by atoms with Gasteiger partial charge in [-0.2, -0.15) is 0 Å². The highest BCUT2D eigenvalue weighted by atomic mass is 35.5. The van der Waals surface area contributed by atoms with Gasteiger partial charge in [0.25, 0.3) is 0 Å². The maximum Gasteiger partial charge on any atom is 0.214 e. The molecule has 1 aliphatic carbocycles. The Kier molecular flexibility index (Phi) is 8.50. The zero-order valence-electron chi connectivity index (χ0n) is 21.9. The quantitative estimate of drug-likeness (QED) is 0.289. The van der Waals surface area contributed by atoms with Crippen LogP contribution in [0.1, 0.15) is 54.9 Å². The highest BCUT2D eigenvalue weighted by molar-refractivity contribution is 6.31. The first kappa shape index (κ1) is 26.5. The van der Waals surface area contributed by atoms with Crippen LogP contribution in [0.3, 0.4) is 0 Å². The number of halogens is 2. The molecular formula is C31H35ClFN3O2. The largest absolute Gasteiger partial charge is 0.508 e. The first-order valence-electron chi connectivity index (χ1n) is 13.6. The average molecular weight is 536 g/mol. The van der Waals surface area contributed by atoms with Crippen LogP contribution in [-0.2, 0) is 6.42 Å². The molecule has 2 aromatic carbocycles. The van der Waals surface area contributed by atoms with Gasteiger partial charge >= 0.3 is 0 Å². The highest BCUT2D eigenvalue weighted by Crippen LogP contribution is 2.42. The SMILES string of the molecule is CCOc1ccc(C2=C(c3ccc(N[C@H]4CCN(CCCF)C4)cc3)c3ccc(O)cc3CCC2)c(Cl)n1. The Morgan fingerprint density at radius 2 is 1.92 bits per heavy atom. The minimum Gasteiger partial charge on any atom is -0.508 e. The van der Waals surface area contributed by atoms with Crippen LogP contribution < -0.4 is 10.1 Å². The van der Waals surface area contributed by atoms with Gasteiger partial charge < -0.3 is 20.1 Å². The lowest BCUT2D eigenvalue weighted by atomic mass is 9.88. The van der Waals surface area contributed by atoms with Crippen LogP contribution in [0.4, 0.5) is 10.1 Å². The second kappa shape index (κ2) is 12.2. The number of nitrogens with zero attached hydrogens (tertiary/aromatic N) is 2. The van der Waals surface area contributed by atoms with E-state index < -0.39 is 0 Å². The van der Waals surface area contributed by atoms with E-state index in [-0.39, 0.29) is 12.4 Å². The van der Waals surface area contributed by atoms with Crippen molar-refractivity contribution in [1.29, 1.82) is 0 Å². The molecule has 1 atom stereocenters. The third-order valence-corrected chi connectivity index (χ3v) is 7.69. The van der Waals surface area contributed by atoms with Crippen LogP contribution in [0.2, 0.25) is 5.15 Å². The van der Waals surface area contributed by atoms with E-state index in [1.807, 2.05) is 31.2 Å². The monoisotopic (exact) mass is 535 g/mol. The van der Waals surface area contributed by atoms with Gasteiger partial charge in [0.2, 0.25) is 5.88 Å². The summed E-state index contributed by atoms with van der Waals surface area (Å²) in [6, 6.07) is 18.5. The minimum atomic E-state index is -0.255. The number of likely N-dealkylation sites (tertiary alicyclic amines) is 1. The number of rotatable bonds is 9. The molecular weight excluding hydrogens is 501 g/mol. The molecule has 2 heterocycles. The number of phenolic OH excluding ortho intramolecular Hbond substituents is 1. The van der Waals surface area contributed by atoms with Crippen LogP contribution in [-0.4, -0.2) is 53.9 Å². The molecule has 0 amide bonds. The van der Waals surface area contributed by atoms with Crippen LogP contribution in [0.25, 0.3) is 11.1 Å². The molecule has 38 heavy (non-hydrogen) atoms. The molecule has 1 aromatic heterocycles. The number of aryl methyl sites for hydroxylation is 1. The van der Waals surface area contributed by atoms with E-state index in [0.717, 1.165) is 84.4 Å². The Hall–Kier alpha value is -3.09. The van der Waals surface area contributed by atoms with Crippen LogP contribution in [0.5, 0.6) is 11.6 Å². The smallest absolute Gasteiger partial charge is 0.214 e. The highest BCUT2D eigenvalue weighted by Gasteiger charge is 2.24. The molecule has 1 saturated heterocycles. The van der Waals surface area contributed by atoms with Gasteiger partial charge in [-0.1, -0.05) is 29.8 Å². The fourth-order valence-electron chi connectivity index (χ4n) is 5.65. The molecule has 7 heteroatoms. The number of ether oxygens (including phenoxy) is 1. The molecule has 2 N–H and O–H groups in total. The van der Waals surface area contributed by atoms with Gasteiger partial charge in [-0.05, 0) is 97.2 Å². The van der Waals surface area contributed by atoms with Crippen molar-refractivity contribution in [3.05, 3.63) is 82.0 Å². The van der Waals surface area contributed by atoms with Crippen LogP contribution >= 0.6 is 11.6 Å². The third kappa shape index (κ3) is 5.97. The van der Waals surface area contributed by atoms with Crippen molar-refractivity contribution < 1.29 is 14.2 Å². The Bertz CT molecular complexity index is 1290. The summed E-state index contributed by atoms with van der Waals surface area (Å²) >= 11 is 6.72. The summed E-state index contributed by atoms with van der Waals surface area (Å²) in [6.45, 7) is 4.97. The van der Waals surface area contributed by atoms with E-state index in [1.165, 1.54) is 0 Å². The number of benzene rings is 2. The number of fused-ring (bicyclic) bond motifs is 1. The van der Waals surface area contributed by atoms with Crippen LogP contribution in [0.15, 0.2) is 54.6 Å². The Balaban J connectivity index is 1.49. The average Bonchev–Trinajstić information content (AvgIpc) is 3.27. The lowest BCUT2D eigenvalue weighted by molar-refractivity contribution is 0.310. The number of aromatic nitrogens is 1. The lowest BCUT2D eigenvalue weighted by Gasteiger charge is -2.19. The van der Waals surface area contributed by atoms with E-state index in [0.29, 0.717) is 30.1 Å². The summed E-state index contributed by atoms with van der Waals surface area (Å²) < 4.78 is 18.1. The summed E-state index contributed by atoms with van der Waals surface area (Å²) in [5.41, 5.74) is 7.60. The standard InChI is InChI=1S/C31H35ClFN3O2/c1-2-38-29-14-13-28(31(32)35-29)27-6-3-5-22-19-25(37)11-12-26(22)30(27)21-7-9-23(10-8-21)34-24-15-18-36(20-24)17-4-16-33/h7-14,19,24,34,37H,2-6,15-18,20H2,1H3/t24-/m0/s1. The van der Waals surface area contributed by atoms with Crippen molar-refractivity contribution in [2.24, 2.45) is 0 Å². The van der Waals surface area contributed by atoms with Crippen molar-refractivity contribution in [2.75, 3.05) is 38.2 Å². The first-order chi connectivity index (χ1) is 18.6. The van der Waals surface area contributed by atoms with Crippen molar-refractivity contribution in [3.63, 3.8) is 0 Å². The number of nitrogens with one attached hydrogen (secondary N) is 1. The maximum absolute atomic E-state index is 12.6. The zero-order chi connectivity index (χ0) is 26.5. The number of aromatic hydroxyl groups is 1. The predicted molar refractivity (Wildman–Crippen MR) is 153 cm³/mol. The molecule has 1 aliphatic heterocycles. The summed E-state index contributed by atoms with van der Waals surface area (Å²) in [5, 5.41) is 14.3.